The zero-order chi connectivity index (χ0) is 8.97. The minimum Gasteiger partial charge on any atom is -0.323 e. The van der Waals surface area contributed by atoms with E-state index in [0.717, 1.165) is 18.5 Å². The summed E-state index contributed by atoms with van der Waals surface area (Å²) in [6.45, 7) is 4.36. The molecule has 0 spiro atoms. The summed E-state index contributed by atoms with van der Waals surface area (Å²) in [7, 11) is 0. The van der Waals surface area contributed by atoms with Crippen LogP contribution >= 0.6 is 0 Å². The highest BCUT2D eigenvalue weighted by molar-refractivity contribution is 4.98. The van der Waals surface area contributed by atoms with Gasteiger partial charge in [-0.2, -0.15) is 15.4 Å². The summed E-state index contributed by atoms with van der Waals surface area (Å²) in [5.74, 6) is 0.650. The molecule has 1 aromatic rings. The van der Waals surface area contributed by atoms with Crippen LogP contribution in [0.25, 0.3) is 0 Å². The van der Waals surface area contributed by atoms with Gasteiger partial charge in [-0.3, -0.25) is 0 Å². The lowest BCUT2D eigenvalue weighted by molar-refractivity contribution is 0.455. The highest BCUT2D eigenvalue weighted by atomic mass is 15.3. The van der Waals surface area contributed by atoms with Gasteiger partial charge in [0.25, 0.3) is 0 Å². The Bertz CT molecular complexity index is 207. The number of nitrogens with zero attached hydrogens (tertiary/aromatic N) is 2. The molecule has 0 aliphatic carbocycles. The predicted octanol–water partition coefficient (Wildman–Crippen LogP) is 1.24. The topological polar surface area (TPSA) is 67.6 Å². The summed E-state index contributed by atoms with van der Waals surface area (Å²) in [4.78, 5) is 0. The quantitative estimate of drug-likeness (QED) is 0.710. The van der Waals surface area contributed by atoms with Gasteiger partial charge in [-0.15, -0.1) is 0 Å². The second-order valence-electron chi connectivity index (χ2n) is 3.25. The number of hydrogen-bond acceptors (Lipinski definition) is 3. The van der Waals surface area contributed by atoms with Gasteiger partial charge in [0.15, 0.2) is 0 Å². The van der Waals surface area contributed by atoms with Gasteiger partial charge in [0.2, 0.25) is 0 Å². The molecule has 3 N–H and O–H groups in total. The van der Waals surface area contributed by atoms with Crippen molar-refractivity contribution in [2.75, 3.05) is 0 Å². The molecule has 0 aliphatic heterocycles. The number of nitrogens with two attached hydrogens (primary N) is 1. The van der Waals surface area contributed by atoms with Crippen molar-refractivity contribution in [3.63, 3.8) is 0 Å². The SMILES string of the molecule is CCC(C)CC(N)c1cn[nH]n1. The van der Waals surface area contributed by atoms with Crippen molar-refractivity contribution in [1.29, 1.82) is 0 Å². The number of H-pyrrole nitrogens is 1. The molecule has 0 radical (unpaired) electrons. The van der Waals surface area contributed by atoms with Crippen molar-refractivity contribution >= 4 is 0 Å². The van der Waals surface area contributed by atoms with Gasteiger partial charge in [0, 0.05) is 0 Å². The minimum atomic E-state index is 0.0266. The summed E-state index contributed by atoms with van der Waals surface area (Å²) in [5.41, 5.74) is 6.75. The fraction of sp³-hybridized carbons (Fsp3) is 0.750. The molecule has 0 aliphatic rings. The first-order valence-corrected chi connectivity index (χ1v) is 4.35. The lowest BCUT2D eigenvalue weighted by atomic mass is 9.98. The molecule has 0 amide bonds. The third-order valence-electron chi connectivity index (χ3n) is 2.17. The first-order valence-electron chi connectivity index (χ1n) is 4.35. The van der Waals surface area contributed by atoms with Crippen LogP contribution < -0.4 is 5.73 Å². The molecule has 2 atom stereocenters. The molecule has 1 rings (SSSR count). The number of aromatic nitrogens is 3. The van der Waals surface area contributed by atoms with Crippen LogP contribution in [0.15, 0.2) is 6.20 Å². The van der Waals surface area contributed by atoms with Crippen molar-refractivity contribution < 1.29 is 0 Å². The van der Waals surface area contributed by atoms with Gasteiger partial charge in [-0.05, 0) is 12.3 Å². The van der Waals surface area contributed by atoms with E-state index in [9.17, 15) is 0 Å². The van der Waals surface area contributed by atoms with Crippen LogP contribution in [0.4, 0.5) is 0 Å². The third kappa shape index (κ3) is 2.30. The largest absolute Gasteiger partial charge is 0.323 e. The van der Waals surface area contributed by atoms with Crippen molar-refractivity contribution in [2.45, 2.75) is 32.7 Å². The molecule has 4 heteroatoms. The first-order chi connectivity index (χ1) is 5.74. The summed E-state index contributed by atoms with van der Waals surface area (Å²) in [5, 5.41) is 10.2. The molecule has 2 unspecified atom stereocenters. The number of rotatable bonds is 4. The molecule has 0 bridgehead atoms. The Morgan fingerprint density at radius 2 is 2.42 bits per heavy atom. The van der Waals surface area contributed by atoms with E-state index >= 15 is 0 Å². The third-order valence-corrected chi connectivity index (χ3v) is 2.17. The molecular weight excluding hydrogens is 152 g/mol. The molecule has 1 aromatic heterocycles. The van der Waals surface area contributed by atoms with Gasteiger partial charge >= 0.3 is 0 Å². The van der Waals surface area contributed by atoms with Crippen LogP contribution in [-0.4, -0.2) is 15.4 Å². The fourth-order valence-corrected chi connectivity index (χ4v) is 1.11. The lowest BCUT2D eigenvalue weighted by Gasteiger charge is -2.12. The maximum absolute atomic E-state index is 5.89. The standard InChI is InChI=1S/C8H16N4/c1-3-6(2)4-7(9)8-5-10-12-11-8/h5-7H,3-4,9H2,1-2H3,(H,10,11,12). The second-order valence-corrected chi connectivity index (χ2v) is 3.25. The molecule has 4 nitrogen and oxygen atoms in total. The molecule has 0 saturated heterocycles. The van der Waals surface area contributed by atoms with E-state index in [0.29, 0.717) is 5.92 Å². The first kappa shape index (κ1) is 9.19. The van der Waals surface area contributed by atoms with Crippen molar-refractivity contribution in [1.82, 2.24) is 15.4 Å². The van der Waals surface area contributed by atoms with Crippen molar-refractivity contribution in [2.24, 2.45) is 11.7 Å². The van der Waals surface area contributed by atoms with Gasteiger partial charge in [0.1, 0.15) is 0 Å². The summed E-state index contributed by atoms with van der Waals surface area (Å²) < 4.78 is 0. The molecule has 1 heterocycles. The van der Waals surface area contributed by atoms with E-state index < -0.39 is 0 Å². The van der Waals surface area contributed by atoms with Crippen LogP contribution in [0, 0.1) is 5.92 Å². The van der Waals surface area contributed by atoms with Gasteiger partial charge < -0.3 is 5.73 Å². The molecule has 0 aromatic carbocycles. The molecule has 12 heavy (non-hydrogen) atoms. The Balaban J connectivity index is 2.44. The highest BCUT2D eigenvalue weighted by Crippen LogP contribution is 2.17. The molecular formula is C8H16N4. The summed E-state index contributed by atoms with van der Waals surface area (Å²) in [6.07, 6.45) is 3.82. The zero-order valence-electron chi connectivity index (χ0n) is 7.62. The fourth-order valence-electron chi connectivity index (χ4n) is 1.11. The lowest BCUT2D eigenvalue weighted by Crippen LogP contribution is -2.14. The van der Waals surface area contributed by atoms with Crippen LogP contribution in [-0.2, 0) is 0 Å². The molecule has 0 fully saturated rings. The number of nitrogens with one attached hydrogen (secondary N) is 1. The van der Waals surface area contributed by atoms with Gasteiger partial charge in [0.05, 0.1) is 17.9 Å². The summed E-state index contributed by atoms with van der Waals surface area (Å²) in [6, 6.07) is 0.0266. The Labute approximate surface area is 72.5 Å². The van der Waals surface area contributed by atoms with Gasteiger partial charge in [-0.25, -0.2) is 0 Å². The maximum Gasteiger partial charge on any atom is 0.0991 e. The Morgan fingerprint density at radius 1 is 1.67 bits per heavy atom. The van der Waals surface area contributed by atoms with E-state index in [2.05, 4.69) is 29.3 Å². The van der Waals surface area contributed by atoms with E-state index in [1.165, 1.54) is 0 Å². The maximum atomic E-state index is 5.89. The van der Waals surface area contributed by atoms with E-state index in [-0.39, 0.29) is 6.04 Å². The zero-order valence-corrected chi connectivity index (χ0v) is 7.62. The molecule has 0 saturated carbocycles. The second kappa shape index (κ2) is 4.21. The van der Waals surface area contributed by atoms with Crippen molar-refractivity contribution in [3.05, 3.63) is 11.9 Å². The minimum absolute atomic E-state index is 0.0266. The van der Waals surface area contributed by atoms with Crippen LogP contribution in [0.2, 0.25) is 0 Å². The average molecular weight is 168 g/mol. The van der Waals surface area contributed by atoms with Gasteiger partial charge in [-0.1, -0.05) is 20.3 Å². The van der Waals surface area contributed by atoms with Crippen LogP contribution in [0.3, 0.4) is 0 Å². The smallest absolute Gasteiger partial charge is 0.0991 e. The monoisotopic (exact) mass is 168 g/mol. The Morgan fingerprint density at radius 3 is 2.92 bits per heavy atom. The van der Waals surface area contributed by atoms with Crippen LogP contribution in [0.1, 0.15) is 38.4 Å². The van der Waals surface area contributed by atoms with E-state index in [4.69, 9.17) is 5.73 Å². The number of aromatic amines is 1. The van der Waals surface area contributed by atoms with Crippen LogP contribution in [0.5, 0.6) is 0 Å². The average Bonchev–Trinajstić information content (AvgIpc) is 2.56. The van der Waals surface area contributed by atoms with E-state index in [1.807, 2.05) is 0 Å². The van der Waals surface area contributed by atoms with E-state index in [1.54, 1.807) is 6.20 Å². The molecule has 68 valence electrons. The normalized spacial score (nSPS) is 15.9. The predicted molar refractivity (Wildman–Crippen MR) is 47.4 cm³/mol. The Kier molecular flexibility index (Phi) is 3.22. The Hall–Kier alpha value is -0.900. The van der Waals surface area contributed by atoms with Crippen molar-refractivity contribution in [3.8, 4) is 0 Å². The number of hydrogen-bond donors (Lipinski definition) is 2. The highest BCUT2D eigenvalue weighted by Gasteiger charge is 2.11. The summed E-state index contributed by atoms with van der Waals surface area (Å²) >= 11 is 0.